The Morgan fingerprint density at radius 3 is 2.70 bits per heavy atom. The fourth-order valence-electron chi connectivity index (χ4n) is 1.72. The molecule has 0 bridgehead atoms. The van der Waals surface area contributed by atoms with Gasteiger partial charge >= 0.3 is 0 Å². The number of pyridine rings is 2. The number of nitrogens with one attached hydrogen (secondary N) is 1. The van der Waals surface area contributed by atoms with Gasteiger partial charge in [0, 0.05) is 24.1 Å². The molecule has 1 N–H and O–H groups in total. The van der Waals surface area contributed by atoms with Crippen molar-refractivity contribution in [2.24, 2.45) is 5.92 Å². The second kappa shape index (κ2) is 6.04. The van der Waals surface area contributed by atoms with Crippen LogP contribution in [0.3, 0.4) is 0 Å². The highest BCUT2D eigenvalue weighted by Crippen LogP contribution is 2.31. The van der Waals surface area contributed by atoms with E-state index in [2.05, 4.69) is 21.9 Å². The summed E-state index contributed by atoms with van der Waals surface area (Å²) in [6, 6.07) is 3.44. The summed E-state index contributed by atoms with van der Waals surface area (Å²) in [4.78, 5) is 19.7. The Morgan fingerprint density at radius 2 is 2.05 bits per heavy atom. The lowest BCUT2D eigenvalue weighted by molar-refractivity contribution is -0.117. The van der Waals surface area contributed by atoms with Crippen molar-refractivity contribution in [3.05, 3.63) is 28.6 Å². The van der Waals surface area contributed by atoms with Crippen LogP contribution in [0.2, 0.25) is 10.3 Å². The molecule has 102 valence electrons. The summed E-state index contributed by atoms with van der Waals surface area (Å²) in [5.41, 5.74) is 0. The lowest BCUT2D eigenvalue weighted by atomic mass is 10.2. The van der Waals surface area contributed by atoms with Crippen LogP contribution in [-0.2, 0) is 4.79 Å². The average molecular weight is 309 g/mol. The zero-order valence-electron chi connectivity index (χ0n) is 10.3. The van der Waals surface area contributed by atoms with Crippen molar-refractivity contribution < 1.29 is 4.79 Å². The molecule has 1 fully saturated rings. The molecule has 0 spiro atoms. The molecule has 0 aromatic carbocycles. The molecule has 0 saturated heterocycles. The molecule has 0 atom stereocenters. The standard InChI is InChI=1S/C12H9Cl2N3O.CHN/c13-9-3-7-4-10(17-12(18)6-1-2-6)15-5-8(7)11(14)16-9;1-2/h3-6H,1-2H2,(H,15,17,18);1H. The van der Waals surface area contributed by atoms with Crippen LogP contribution in [0.25, 0.3) is 10.8 Å². The average Bonchev–Trinajstić information content (AvgIpc) is 3.24. The molecule has 1 aliphatic carbocycles. The molecule has 1 aliphatic rings. The molecular formula is C13H10Cl2N4O. The number of fused-ring (bicyclic) bond motifs is 1. The number of aromatic nitrogens is 2. The summed E-state index contributed by atoms with van der Waals surface area (Å²) in [6.07, 6.45) is 3.51. The van der Waals surface area contributed by atoms with Gasteiger partial charge in [0.25, 0.3) is 0 Å². The molecule has 2 heterocycles. The number of nitriles is 1. The van der Waals surface area contributed by atoms with E-state index in [1.165, 1.54) is 0 Å². The smallest absolute Gasteiger partial charge is 0.228 e. The number of anilines is 1. The summed E-state index contributed by atoms with van der Waals surface area (Å²) in [7, 11) is 0. The first-order valence-corrected chi connectivity index (χ1v) is 6.57. The van der Waals surface area contributed by atoms with Gasteiger partial charge in [-0.15, -0.1) is 0 Å². The van der Waals surface area contributed by atoms with Gasteiger partial charge in [0.15, 0.2) is 0 Å². The van der Waals surface area contributed by atoms with E-state index >= 15 is 0 Å². The Morgan fingerprint density at radius 1 is 1.35 bits per heavy atom. The van der Waals surface area contributed by atoms with Gasteiger partial charge < -0.3 is 5.32 Å². The van der Waals surface area contributed by atoms with E-state index in [1.807, 2.05) is 0 Å². The second-order valence-electron chi connectivity index (χ2n) is 4.29. The Balaban J connectivity index is 0.000000704. The Hall–Kier alpha value is -1.90. The minimum absolute atomic E-state index is 0.0214. The van der Waals surface area contributed by atoms with Gasteiger partial charge in [-0.3, -0.25) is 4.79 Å². The maximum atomic E-state index is 11.6. The summed E-state index contributed by atoms with van der Waals surface area (Å²) < 4.78 is 0. The first-order chi connectivity index (χ1) is 9.63. The molecule has 7 heteroatoms. The molecule has 5 nitrogen and oxygen atoms in total. The van der Waals surface area contributed by atoms with E-state index in [4.69, 9.17) is 28.5 Å². The minimum atomic E-state index is 0.0214. The number of hydrogen-bond donors (Lipinski definition) is 1. The van der Waals surface area contributed by atoms with Gasteiger partial charge in [-0.05, 0) is 30.4 Å². The third-order valence-corrected chi connectivity index (χ3v) is 3.32. The van der Waals surface area contributed by atoms with Crippen molar-refractivity contribution >= 4 is 45.7 Å². The topological polar surface area (TPSA) is 78.7 Å². The van der Waals surface area contributed by atoms with Crippen molar-refractivity contribution in [3.63, 3.8) is 0 Å². The lowest BCUT2D eigenvalue weighted by Gasteiger charge is -2.05. The highest BCUT2D eigenvalue weighted by Gasteiger charge is 2.29. The quantitative estimate of drug-likeness (QED) is 0.862. The van der Waals surface area contributed by atoms with E-state index < -0.39 is 0 Å². The predicted octanol–water partition coefficient (Wildman–Crippen LogP) is 3.42. The minimum Gasteiger partial charge on any atom is -0.310 e. The monoisotopic (exact) mass is 308 g/mol. The zero-order chi connectivity index (χ0) is 14.7. The van der Waals surface area contributed by atoms with E-state index in [1.54, 1.807) is 18.3 Å². The molecule has 1 saturated carbocycles. The van der Waals surface area contributed by atoms with Crippen molar-refractivity contribution in [2.75, 3.05) is 5.32 Å². The first kappa shape index (κ1) is 14.5. The van der Waals surface area contributed by atoms with Crippen molar-refractivity contribution in [1.82, 2.24) is 9.97 Å². The van der Waals surface area contributed by atoms with Gasteiger partial charge in [0.05, 0.1) is 0 Å². The Bertz CT molecular complexity index is 683. The van der Waals surface area contributed by atoms with Crippen LogP contribution in [0.15, 0.2) is 18.3 Å². The third-order valence-electron chi connectivity index (χ3n) is 2.84. The number of hydrogen-bond acceptors (Lipinski definition) is 4. The van der Waals surface area contributed by atoms with E-state index in [0.717, 1.165) is 18.2 Å². The summed E-state index contributed by atoms with van der Waals surface area (Å²) >= 11 is 11.8. The van der Waals surface area contributed by atoms with Crippen LogP contribution in [0.5, 0.6) is 0 Å². The van der Waals surface area contributed by atoms with Crippen LogP contribution < -0.4 is 5.32 Å². The number of carbonyl (C=O) groups excluding carboxylic acids is 1. The number of rotatable bonds is 2. The largest absolute Gasteiger partial charge is 0.310 e. The Kier molecular flexibility index (Phi) is 4.38. The molecule has 1 amide bonds. The molecular weight excluding hydrogens is 299 g/mol. The predicted molar refractivity (Wildman–Crippen MR) is 77.6 cm³/mol. The van der Waals surface area contributed by atoms with Crippen LogP contribution >= 0.6 is 23.2 Å². The molecule has 0 aliphatic heterocycles. The molecule has 3 rings (SSSR count). The van der Waals surface area contributed by atoms with Gasteiger partial charge in [-0.2, -0.15) is 0 Å². The molecule has 0 unspecified atom stereocenters. The number of amides is 1. The summed E-state index contributed by atoms with van der Waals surface area (Å²) in [6.45, 7) is 3.50. The van der Waals surface area contributed by atoms with Gasteiger partial charge in [-0.25, -0.2) is 15.2 Å². The lowest BCUT2D eigenvalue weighted by Crippen LogP contribution is -2.14. The maximum absolute atomic E-state index is 11.6. The normalized spacial score (nSPS) is 13.4. The highest BCUT2D eigenvalue weighted by molar-refractivity contribution is 6.36. The van der Waals surface area contributed by atoms with Crippen LogP contribution in [0, 0.1) is 17.8 Å². The van der Waals surface area contributed by atoms with E-state index in [-0.39, 0.29) is 11.8 Å². The van der Waals surface area contributed by atoms with Crippen LogP contribution in [-0.4, -0.2) is 15.9 Å². The molecule has 20 heavy (non-hydrogen) atoms. The van der Waals surface area contributed by atoms with Crippen LogP contribution in [0.4, 0.5) is 5.82 Å². The number of halogens is 2. The maximum Gasteiger partial charge on any atom is 0.228 e. The summed E-state index contributed by atoms with van der Waals surface area (Å²) in [5, 5.41) is 11.4. The zero-order valence-corrected chi connectivity index (χ0v) is 11.8. The highest BCUT2D eigenvalue weighted by atomic mass is 35.5. The van der Waals surface area contributed by atoms with Crippen molar-refractivity contribution in [1.29, 1.82) is 5.26 Å². The molecule has 2 aromatic rings. The molecule has 0 radical (unpaired) electrons. The van der Waals surface area contributed by atoms with E-state index in [9.17, 15) is 4.79 Å². The SMILES string of the molecule is C#N.O=C(Nc1cc2cc(Cl)nc(Cl)c2cn1)C1CC1. The Labute approximate surface area is 125 Å². The van der Waals surface area contributed by atoms with Crippen LogP contribution in [0.1, 0.15) is 12.8 Å². The van der Waals surface area contributed by atoms with Crippen molar-refractivity contribution in [3.8, 4) is 6.57 Å². The fourth-order valence-corrected chi connectivity index (χ4v) is 2.21. The second-order valence-corrected chi connectivity index (χ2v) is 5.04. The third kappa shape index (κ3) is 3.16. The number of nitrogens with zero attached hydrogens (tertiary/aromatic N) is 3. The molecule has 2 aromatic heterocycles. The summed E-state index contributed by atoms with van der Waals surface area (Å²) in [5.74, 6) is 0.679. The fraction of sp³-hybridized carbons (Fsp3) is 0.231. The van der Waals surface area contributed by atoms with E-state index in [0.29, 0.717) is 21.5 Å². The van der Waals surface area contributed by atoms with Gasteiger partial charge in [0.1, 0.15) is 16.1 Å². The van der Waals surface area contributed by atoms with Gasteiger partial charge in [-0.1, -0.05) is 23.2 Å². The van der Waals surface area contributed by atoms with Gasteiger partial charge in [0.2, 0.25) is 5.91 Å². The van der Waals surface area contributed by atoms with Crippen molar-refractivity contribution in [2.45, 2.75) is 12.8 Å². The number of carbonyl (C=O) groups is 1. The first-order valence-electron chi connectivity index (χ1n) is 5.82.